The van der Waals surface area contributed by atoms with Gasteiger partial charge in [-0.1, -0.05) is 37.6 Å². The highest BCUT2D eigenvalue weighted by molar-refractivity contribution is 14.0. The normalized spacial score (nSPS) is 38.4. The van der Waals surface area contributed by atoms with Crippen LogP contribution in [0.15, 0.2) is 52.7 Å². The molecule has 4 aliphatic rings. The van der Waals surface area contributed by atoms with E-state index >= 15 is 0 Å². The molecule has 4 atom stereocenters. The largest absolute Gasteiger partial charge is 0.878 e. The van der Waals surface area contributed by atoms with E-state index < -0.39 is 0 Å². The highest BCUT2D eigenvalue weighted by atomic mass is 127. The lowest BCUT2D eigenvalue weighted by Gasteiger charge is -2.54. The van der Waals surface area contributed by atoms with Crippen molar-refractivity contribution in [1.82, 2.24) is 0 Å². The van der Waals surface area contributed by atoms with Crippen molar-refractivity contribution in [3.63, 3.8) is 0 Å². The molecule has 3 heterocycles. The van der Waals surface area contributed by atoms with Gasteiger partial charge in [-0.25, -0.2) is 0 Å². The number of rotatable bonds is 3. The van der Waals surface area contributed by atoms with Crippen LogP contribution in [0.3, 0.4) is 0 Å². The number of halogens is 1. The molecule has 2 bridgehead atoms. The van der Waals surface area contributed by atoms with Crippen molar-refractivity contribution in [3.8, 4) is 0 Å². The first-order valence-electron chi connectivity index (χ1n) is 10.2. The Bertz CT molecular complexity index is 858. The first-order chi connectivity index (χ1) is 12.7. The van der Waals surface area contributed by atoms with Crippen LogP contribution in [-0.4, -0.2) is 35.9 Å². The van der Waals surface area contributed by atoms with Crippen LogP contribution in [0.4, 0.5) is 5.69 Å². The number of quaternary nitrogens is 1. The Morgan fingerprint density at radius 2 is 2.15 bits per heavy atom. The van der Waals surface area contributed by atoms with Crippen molar-refractivity contribution >= 4 is 35.4 Å². The number of unbranched alkanes of at least 4 members (excludes halogenated alkanes) is 1. The molecule has 0 amide bonds. The van der Waals surface area contributed by atoms with Crippen molar-refractivity contribution in [3.05, 3.63) is 53.3 Å². The molecule has 5 rings (SSSR count). The topological polar surface area (TPSA) is 35.4 Å². The third-order valence-corrected chi connectivity index (χ3v) is 7.73. The van der Waals surface area contributed by atoms with Gasteiger partial charge in [-0.2, -0.15) is 0 Å². The fourth-order valence-electron chi connectivity index (χ4n) is 6.60. The Morgan fingerprint density at radius 1 is 1.33 bits per heavy atom. The first kappa shape index (κ1) is 19.2. The summed E-state index contributed by atoms with van der Waals surface area (Å²) in [6, 6.07) is 9.22. The number of hydrogen-bond donors (Lipinski definition) is 0. The Labute approximate surface area is 179 Å². The van der Waals surface area contributed by atoms with E-state index in [-0.39, 0.29) is 35.3 Å². The van der Waals surface area contributed by atoms with Crippen LogP contribution in [0.5, 0.6) is 0 Å². The number of hydrogen-bond acceptors (Lipinski definition) is 2. The third kappa shape index (κ3) is 2.32. The van der Waals surface area contributed by atoms with Gasteiger partial charge in [0.15, 0.2) is 0 Å². The van der Waals surface area contributed by atoms with Crippen LogP contribution in [0.1, 0.15) is 45.1 Å². The molecule has 1 aliphatic carbocycles. The van der Waals surface area contributed by atoms with Crippen molar-refractivity contribution < 1.29 is 9.59 Å². The lowest BCUT2D eigenvalue weighted by atomic mass is 9.58. The average molecular weight is 476 g/mol. The van der Waals surface area contributed by atoms with Gasteiger partial charge in [0.25, 0.3) is 0 Å². The van der Waals surface area contributed by atoms with E-state index in [0.717, 1.165) is 42.6 Å². The van der Waals surface area contributed by atoms with Crippen molar-refractivity contribution in [1.29, 1.82) is 0 Å². The molecule has 4 heteroatoms. The standard InChI is InChI=1S/C23H28N2O.HI/c1-3-5-11-25-12-10-23-19-8-6-7-9-20(19)24-22(23)18(15-26)17(13-21(23)25)16(4-2)14-25;/h4,6-9,15,17,21H,3,5,10-14H2,1-2H3;1H/b16-4-;/t17-,21-,23+,25?;/m0./s1. The van der Waals surface area contributed by atoms with Crippen LogP contribution in [0, 0.1) is 5.92 Å². The van der Waals surface area contributed by atoms with Gasteiger partial charge in [-0.15, -0.1) is 30.2 Å². The minimum atomic E-state index is -0.0175. The zero-order valence-electron chi connectivity index (χ0n) is 16.3. The molecule has 3 aliphatic heterocycles. The molecule has 0 aromatic heterocycles. The van der Waals surface area contributed by atoms with Gasteiger partial charge >= 0.3 is 0 Å². The summed E-state index contributed by atoms with van der Waals surface area (Å²) in [6.07, 6.45) is 8.19. The number of benzene rings is 1. The monoisotopic (exact) mass is 476 g/mol. The summed E-state index contributed by atoms with van der Waals surface area (Å²) in [7, 11) is 0. The van der Waals surface area contributed by atoms with Gasteiger partial charge in [-0.3, -0.25) is 4.99 Å². The molecule has 1 saturated carbocycles. The van der Waals surface area contributed by atoms with Crippen LogP contribution in [-0.2, 0) is 5.41 Å². The Hall–Kier alpha value is -1.14. The lowest BCUT2D eigenvalue weighted by molar-refractivity contribution is -0.941. The molecule has 1 spiro atoms. The molecule has 1 aromatic rings. The summed E-state index contributed by atoms with van der Waals surface area (Å²) < 4.78 is 1.21. The second-order valence-electron chi connectivity index (χ2n) is 8.62. The Morgan fingerprint density at radius 3 is 2.89 bits per heavy atom. The van der Waals surface area contributed by atoms with Crippen molar-refractivity contribution in [2.24, 2.45) is 10.9 Å². The SMILES string of the molecule is C/C=C1/C[N+]2(CCCC)CC[C@@]34C(=Nc5ccccc53)C(=C[O-])[C@H]1C[C@@H]42.I. The minimum Gasteiger partial charge on any atom is -0.878 e. The first-order valence-corrected chi connectivity index (χ1v) is 10.2. The number of fused-ring (bicyclic) bond motifs is 2. The predicted molar refractivity (Wildman–Crippen MR) is 119 cm³/mol. The van der Waals surface area contributed by atoms with E-state index in [4.69, 9.17) is 4.99 Å². The maximum atomic E-state index is 12.2. The van der Waals surface area contributed by atoms with Crippen LogP contribution >= 0.6 is 24.0 Å². The van der Waals surface area contributed by atoms with Crippen molar-refractivity contribution in [2.45, 2.75) is 51.0 Å². The van der Waals surface area contributed by atoms with Crippen LogP contribution < -0.4 is 5.11 Å². The maximum Gasteiger partial charge on any atom is 0.106 e. The molecular formula is C23H29IN2O. The fraction of sp³-hybridized carbons (Fsp3) is 0.522. The van der Waals surface area contributed by atoms with Crippen LogP contribution in [0.25, 0.3) is 0 Å². The summed E-state index contributed by atoms with van der Waals surface area (Å²) >= 11 is 0. The number of allylic oxidation sites excluding steroid dienone is 2. The summed E-state index contributed by atoms with van der Waals surface area (Å²) in [5, 5.41) is 12.2. The van der Waals surface area contributed by atoms with Gasteiger partial charge < -0.3 is 9.59 Å². The van der Waals surface area contributed by atoms with E-state index in [1.54, 1.807) is 0 Å². The molecule has 2 saturated heterocycles. The molecule has 0 radical (unpaired) electrons. The summed E-state index contributed by atoms with van der Waals surface area (Å²) in [5.41, 5.74) is 6.03. The zero-order chi connectivity index (χ0) is 17.9. The lowest BCUT2D eigenvalue weighted by Crippen LogP contribution is -2.65. The molecule has 27 heavy (non-hydrogen) atoms. The van der Waals surface area contributed by atoms with Crippen LogP contribution in [0.2, 0.25) is 0 Å². The Balaban J connectivity index is 0.00000180. The van der Waals surface area contributed by atoms with Gasteiger partial charge in [0.2, 0.25) is 0 Å². The Kier molecular flexibility index (Phi) is 4.78. The molecule has 3 fully saturated rings. The van der Waals surface area contributed by atoms with Gasteiger partial charge in [-0.05, 0) is 36.1 Å². The molecule has 1 unspecified atom stereocenters. The smallest absolute Gasteiger partial charge is 0.106 e. The summed E-state index contributed by atoms with van der Waals surface area (Å²) in [6.45, 7) is 8.05. The van der Waals surface area contributed by atoms with Gasteiger partial charge in [0.05, 0.1) is 29.9 Å². The summed E-state index contributed by atoms with van der Waals surface area (Å²) in [4.78, 5) is 5.07. The zero-order valence-corrected chi connectivity index (χ0v) is 18.6. The maximum absolute atomic E-state index is 12.2. The van der Waals surface area contributed by atoms with Gasteiger partial charge in [0, 0.05) is 18.8 Å². The minimum absolute atomic E-state index is 0. The molecule has 3 nitrogen and oxygen atoms in total. The third-order valence-electron chi connectivity index (χ3n) is 7.73. The van der Waals surface area contributed by atoms with Crippen molar-refractivity contribution in [2.75, 3.05) is 19.6 Å². The second-order valence-corrected chi connectivity index (χ2v) is 8.62. The number of para-hydroxylation sites is 1. The van der Waals surface area contributed by atoms with Gasteiger partial charge in [0.1, 0.15) is 12.6 Å². The van der Waals surface area contributed by atoms with E-state index in [0.29, 0.717) is 6.04 Å². The highest BCUT2D eigenvalue weighted by Crippen LogP contribution is 2.61. The molecule has 0 N–H and O–H groups in total. The van der Waals surface area contributed by atoms with E-state index in [1.165, 1.54) is 41.6 Å². The quantitative estimate of drug-likeness (QED) is 0.278. The van der Waals surface area contributed by atoms with E-state index in [1.807, 2.05) is 0 Å². The summed E-state index contributed by atoms with van der Waals surface area (Å²) in [5.74, 6) is 0.287. The second kappa shape index (κ2) is 6.73. The average Bonchev–Trinajstić information content (AvgIpc) is 3.20. The molecular weight excluding hydrogens is 447 g/mol. The predicted octanol–water partition coefficient (Wildman–Crippen LogP) is 4.24. The molecule has 144 valence electrons. The fourth-order valence-corrected chi connectivity index (χ4v) is 6.60. The van der Waals surface area contributed by atoms with E-state index in [2.05, 4.69) is 44.2 Å². The number of piperidine rings is 1. The number of aliphatic imine (C=N–C) groups is 1. The molecule has 1 aromatic carbocycles. The van der Waals surface area contributed by atoms with E-state index in [9.17, 15) is 5.11 Å². The highest BCUT2D eigenvalue weighted by Gasteiger charge is 2.68. The number of nitrogens with zero attached hydrogens (tertiary/aromatic N) is 2.